The van der Waals surface area contributed by atoms with E-state index in [0.717, 1.165) is 27.8 Å². The Labute approximate surface area is 194 Å². The molecular weight excluding hydrogens is 416 g/mol. The van der Waals surface area contributed by atoms with Gasteiger partial charge in [0.05, 0.1) is 19.1 Å². The van der Waals surface area contributed by atoms with Crippen LogP contribution in [0.1, 0.15) is 43.9 Å². The Morgan fingerprint density at radius 3 is 2.91 bits per heavy atom. The highest BCUT2D eigenvalue weighted by Gasteiger charge is 2.40. The molecule has 7 nitrogen and oxygen atoms in total. The first-order valence-electron chi connectivity index (χ1n) is 11.6. The van der Waals surface area contributed by atoms with E-state index in [1.54, 1.807) is 19.5 Å². The molecule has 0 unspecified atom stereocenters. The number of rotatable bonds is 8. The maximum absolute atomic E-state index is 13.3. The quantitative estimate of drug-likeness (QED) is 0.548. The molecule has 0 aliphatic carbocycles. The van der Waals surface area contributed by atoms with Gasteiger partial charge >= 0.3 is 0 Å². The van der Waals surface area contributed by atoms with Crippen molar-refractivity contribution in [3.63, 3.8) is 0 Å². The van der Waals surface area contributed by atoms with Gasteiger partial charge in [-0.1, -0.05) is 19.9 Å². The van der Waals surface area contributed by atoms with Gasteiger partial charge < -0.3 is 19.9 Å². The van der Waals surface area contributed by atoms with E-state index in [0.29, 0.717) is 38.3 Å². The standard InChI is InChI=1S/C26H32N4O3/c1-17(2)16-30-24(31)9-7-21(25(30)19-5-4-11-27-14-19)26(32)28-12-10-18-15-29-23-8-6-20(33-3)13-22(18)23/h4-6,8,11,13-15,17,21,25,29H,7,9-10,12,16H2,1-3H3,(H,28,32)/t21-,25+/m1/s1. The summed E-state index contributed by atoms with van der Waals surface area (Å²) in [5.41, 5.74) is 3.09. The number of methoxy groups -OCH3 is 1. The maximum Gasteiger partial charge on any atom is 0.225 e. The van der Waals surface area contributed by atoms with Crippen molar-refractivity contribution < 1.29 is 14.3 Å². The van der Waals surface area contributed by atoms with E-state index in [2.05, 4.69) is 29.1 Å². The van der Waals surface area contributed by atoms with Crippen LogP contribution in [0, 0.1) is 11.8 Å². The number of piperidine rings is 1. The highest BCUT2D eigenvalue weighted by atomic mass is 16.5. The number of aromatic amines is 1. The molecule has 1 aliphatic heterocycles. The number of likely N-dealkylation sites (tertiary alicyclic amines) is 1. The summed E-state index contributed by atoms with van der Waals surface area (Å²) < 4.78 is 5.35. The fourth-order valence-electron chi connectivity index (χ4n) is 4.74. The Kier molecular flexibility index (Phi) is 6.96. The Morgan fingerprint density at radius 2 is 2.18 bits per heavy atom. The number of aromatic nitrogens is 2. The molecule has 1 fully saturated rings. The average molecular weight is 449 g/mol. The molecule has 1 aliphatic rings. The zero-order valence-electron chi connectivity index (χ0n) is 19.5. The van der Waals surface area contributed by atoms with E-state index >= 15 is 0 Å². The van der Waals surface area contributed by atoms with Crippen molar-refractivity contribution in [1.82, 2.24) is 20.2 Å². The first-order valence-corrected chi connectivity index (χ1v) is 11.6. The Balaban J connectivity index is 1.48. The number of carbonyl (C=O) groups is 2. The summed E-state index contributed by atoms with van der Waals surface area (Å²) in [5.74, 6) is 0.920. The number of fused-ring (bicyclic) bond motifs is 1. The molecule has 7 heteroatoms. The lowest BCUT2D eigenvalue weighted by atomic mass is 9.83. The summed E-state index contributed by atoms with van der Waals surface area (Å²) in [6.45, 7) is 5.33. The maximum atomic E-state index is 13.3. The minimum Gasteiger partial charge on any atom is -0.497 e. The van der Waals surface area contributed by atoms with Crippen LogP contribution in [0.2, 0.25) is 0 Å². The third kappa shape index (κ3) is 5.02. The highest BCUT2D eigenvalue weighted by Crippen LogP contribution is 2.37. The van der Waals surface area contributed by atoms with E-state index in [9.17, 15) is 9.59 Å². The normalized spacial score (nSPS) is 18.7. The van der Waals surface area contributed by atoms with Gasteiger partial charge in [0.25, 0.3) is 0 Å². The van der Waals surface area contributed by atoms with Crippen LogP contribution < -0.4 is 10.1 Å². The lowest BCUT2D eigenvalue weighted by Gasteiger charge is -2.41. The molecule has 0 radical (unpaired) electrons. The predicted molar refractivity (Wildman–Crippen MR) is 128 cm³/mol. The van der Waals surface area contributed by atoms with E-state index in [1.807, 2.05) is 41.4 Å². The van der Waals surface area contributed by atoms with Crippen LogP contribution in [0.4, 0.5) is 0 Å². The van der Waals surface area contributed by atoms with E-state index in [-0.39, 0.29) is 23.8 Å². The number of amides is 2. The third-order valence-corrected chi connectivity index (χ3v) is 6.30. The van der Waals surface area contributed by atoms with Crippen molar-refractivity contribution in [2.75, 3.05) is 20.2 Å². The van der Waals surface area contributed by atoms with Crippen LogP contribution in [0.15, 0.2) is 48.9 Å². The second-order valence-electron chi connectivity index (χ2n) is 9.08. The van der Waals surface area contributed by atoms with Gasteiger partial charge in [0.15, 0.2) is 0 Å². The lowest BCUT2D eigenvalue weighted by Crippen LogP contribution is -2.49. The summed E-state index contributed by atoms with van der Waals surface area (Å²) in [4.78, 5) is 35.5. The van der Waals surface area contributed by atoms with Crippen LogP contribution in [0.25, 0.3) is 10.9 Å². The van der Waals surface area contributed by atoms with E-state index in [4.69, 9.17) is 4.74 Å². The highest BCUT2D eigenvalue weighted by molar-refractivity contribution is 5.86. The topological polar surface area (TPSA) is 87.3 Å². The second kappa shape index (κ2) is 10.1. The molecule has 4 rings (SSSR count). The number of hydrogen-bond donors (Lipinski definition) is 2. The molecule has 2 amide bonds. The van der Waals surface area contributed by atoms with E-state index in [1.165, 1.54) is 0 Å². The van der Waals surface area contributed by atoms with E-state index < -0.39 is 0 Å². The predicted octanol–water partition coefficient (Wildman–Crippen LogP) is 3.87. The molecule has 2 N–H and O–H groups in total. The van der Waals surface area contributed by atoms with Gasteiger partial charge in [-0.25, -0.2) is 0 Å². The molecule has 1 aromatic carbocycles. The summed E-state index contributed by atoms with van der Waals surface area (Å²) in [6, 6.07) is 9.47. The summed E-state index contributed by atoms with van der Waals surface area (Å²) in [5, 5.41) is 4.23. The first kappa shape index (κ1) is 22.8. The van der Waals surface area contributed by atoms with Crippen LogP contribution in [-0.4, -0.2) is 46.9 Å². The van der Waals surface area contributed by atoms with Gasteiger partial charge in [-0.15, -0.1) is 0 Å². The Bertz CT molecular complexity index is 1110. The lowest BCUT2D eigenvalue weighted by molar-refractivity contribution is -0.144. The molecule has 0 spiro atoms. The summed E-state index contributed by atoms with van der Waals surface area (Å²) >= 11 is 0. The van der Waals surface area contributed by atoms with Crippen molar-refractivity contribution in [3.8, 4) is 5.75 Å². The fourth-order valence-corrected chi connectivity index (χ4v) is 4.74. The zero-order valence-corrected chi connectivity index (χ0v) is 19.5. The number of carbonyl (C=O) groups excluding carboxylic acids is 2. The average Bonchev–Trinajstić information content (AvgIpc) is 3.22. The first-order chi connectivity index (χ1) is 16.0. The fraction of sp³-hybridized carbons (Fsp3) is 0.423. The molecule has 174 valence electrons. The minimum atomic E-state index is -0.297. The summed E-state index contributed by atoms with van der Waals surface area (Å²) in [7, 11) is 1.66. The Morgan fingerprint density at radius 1 is 1.33 bits per heavy atom. The molecule has 3 heterocycles. The van der Waals surface area contributed by atoms with Crippen molar-refractivity contribution >= 4 is 22.7 Å². The SMILES string of the molecule is COc1ccc2[nH]cc(CCNC(=O)[C@@H]3CCC(=O)N(CC(C)C)[C@H]3c3cccnc3)c2c1. The monoisotopic (exact) mass is 448 g/mol. The second-order valence-corrected chi connectivity index (χ2v) is 9.08. The Hall–Kier alpha value is -3.35. The number of H-pyrrole nitrogens is 1. The summed E-state index contributed by atoms with van der Waals surface area (Å²) in [6.07, 6.45) is 7.12. The van der Waals surface area contributed by atoms with Crippen molar-refractivity contribution in [3.05, 3.63) is 60.0 Å². The van der Waals surface area contributed by atoms with Crippen molar-refractivity contribution in [1.29, 1.82) is 0 Å². The van der Waals surface area contributed by atoms with Gasteiger partial charge in [0, 0.05) is 49.0 Å². The van der Waals surface area contributed by atoms with Crippen molar-refractivity contribution in [2.24, 2.45) is 11.8 Å². The number of ether oxygens (including phenoxy) is 1. The van der Waals surface area contributed by atoms with Gasteiger partial charge in [-0.05, 0) is 54.2 Å². The van der Waals surface area contributed by atoms with Crippen LogP contribution >= 0.6 is 0 Å². The number of hydrogen-bond acceptors (Lipinski definition) is 4. The molecular formula is C26H32N4O3. The van der Waals surface area contributed by atoms with Gasteiger partial charge in [-0.3, -0.25) is 14.6 Å². The van der Waals surface area contributed by atoms with Gasteiger partial charge in [0.2, 0.25) is 11.8 Å². The molecule has 3 aromatic rings. The number of nitrogens with one attached hydrogen (secondary N) is 2. The number of nitrogens with zero attached hydrogens (tertiary/aromatic N) is 2. The molecule has 2 aromatic heterocycles. The van der Waals surface area contributed by atoms with Crippen LogP contribution in [0.5, 0.6) is 5.75 Å². The number of pyridine rings is 1. The van der Waals surface area contributed by atoms with Crippen LogP contribution in [0.3, 0.4) is 0 Å². The van der Waals surface area contributed by atoms with Crippen molar-refractivity contribution in [2.45, 2.75) is 39.2 Å². The van der Waals surface area contributed by atoms with Crippen LogP contribution in [-0.2, 0) is 16.0 Å². The molecule has 0 saturated carbocycles. The largest absolute Gasteiger partial charge is 0.497 e. The molecule has 33 heavy (non-hydrogen) atoms. The van der Waals surface area contributed by atoms with Gasteiger partial charge in [-0.2, -0.15) is 0 Å². The zero-order chi connectivity index (χ0) is 23.4. The minimum absolute atomic E-state index is 0.0115. The number of benzene rings is 1. The molecule has 2 atom stereocenters. The third-order valence-electron chi connectivity index (χ3n) is 6.30. The molecule has 0 bridgehead atoms. The smallest absolute Gasteiger partial charge is 0.225 e. The van der Waals surface area contributed by atoms with Gasteiger partial charge in [0.1, 0.15) is 5.75 Å². The molecule has 1 saturated heterocycles.